The summed E-state index contributed by atoms with van der Waals surface area (Å²) >= 11 is 0. The maximum Gasteiger partial charge on any atom is 0.349 e. The Hall–Kier alpha value is -3.61. The van der Waals surface area contributed by atoms with Crippen LogP contribution in [0.2, 0.25) is 0 Å². The highest BCUT2D eigenvalue weighted by Crippen LogP contribution is 2.21. The van der Waals surface area contributed by atoms with Crippen molar-refractivity contribution in [3.63, 3.8) is 0 Å². The number of aryl methyl sites for hydroxylation is 1. The number of hydrogen-bond donors (Lipinski definition) is 1. The number of benzene rings is 2. The van der Waals surface area contributed by atoms with Crippen molar-refractivity contribution in [2.75, 3.05) is 13.2 Å². The summed E-state index contributed by atoms with van der Waals surface area (Å²) in [6, 6.07) is 13.8. The summed E-state index contributed by atoms with van der Waals surface area (Å²) in [5.41, 5.74) is 0.530. The summed E-state index contributed by atoms with van der Waals surface area (Å²) < 4.78 is 16.1. The molecule has 0 unspecified atom stereocenters. The second kappa shape index (κ2) is 9.73. The summed E-state index contributed by atoms with van der Waals surface area (Å²) in [7, 11) is 0. The molecule has 0 fully saturated rings. The maximum atomic E-state index is 12.1. The lowest BCUT2D eigenvalue weighted by Gasteiger charge is -2.08. The number of rotatable bonds is 8. The van der Waals surface area contributed by atoms with Gasteiger partial charge in [0.25, 0.3) is 5.91 Å². The zero-order valence-electron chi connectivity index (χ0n) is 16.9. The summed E-state index contributed by atoms with van der Waals surface area (Å²) in [5, 5.41) is 3.12. The molecule has 0 bridgehead atoms. The number of carbonyl (C=O) groups is 2. The molecule has 1 N–H and O–H groups in total. The molecular weight excluding hydrogens is 386 g/mol. The number of amides is 1. The van der Waals surface area contributed by atoms with Crippen LogP contribution in [0, 0.1) is 6.92 Å². The molecule has 0 saturated heterocycles. The van der Waals surface area contributed by atoms with Crippen LogP contribution in [0.1, 0.15) is 35.7 Å². The van der Waals surface area contributed by atoms with Crippen LogP contribution in [0.25, 0.3) is 11.0 Å². The first-order valence-electron chi connectivity index (χ1n) is 9.72. The molecule has 3 rings (SSSR count). The van der Waals surface area contributed by atoms with Gasteiger partial charge >= 0.3 is 11.6 Å². The summed E-state index contributed by atoms with van der Waals surface area (Å²) in [5.74, 6) is 0.126. The summed E-state index contributed by atoms with van der Waals surface area (Å²) in [4.78, 5) is 36.0. The SMILES string of the molecule is CCNC(=O)c1cc2ccc(OC(=O)CCCOc3cccc(C)c3)cc2oc1=O. The number of fused-ring (bicyclic) bond motifs is 1. The first-order valence-corrected chi connectivity index (χ1v) is 9.72. The molecular formula is C23H23NO6. The first kappa shape index (κ1) is 21.1. The van der Waals surface area contributed by atoms with Gasteiger partial charge in [0, 0.05) is 24.4 Å². The predicted octanol–water partition coefficient (Wildman–Crippen LogP) is 3.62. The van der Waals surface area contributed by atoms with Crippen molar-refractivity contribution in [1.82, 2.24) is 5.32 Å². The Morgan fingerprint density at radius 3 is 2.67 bits per heavy atom. The molecule has 1 heterocycles. The van der Waals surface area contributed by atoms with E-state index in [1.807, 2.05) is 31.2 Å². The van der Waals surface area contributed by atoms with Gasteiger partial charge in [0.2, 0.25) is 0 Å². The quantitative estimate of drug-likeness (QED) is 0.264. The van der Waals surface area contributed by atoms with E-state index in [1.54, 1.807) is 19.1 Å². The third-order valence-corrected chi connectivity index (χ3v) is 4.30. The van der Waals surface area contributed by atoms with E-state index in [0.717, 1.165) is 11.3 Å². The van der Waals surface area contributed by atoms with E-state index in [-0.39, 0.29) is 23.3 Å². The average Bonchev–Trinajstić information content (AvgIpc) is 2.71. The Morgan fingerprint density at radius 2 is 1.90 bits per heavy atom. The van der Waals surface area contributed by atoms with Crippen LogP contribution in [0.4, 0.5) is 0 Å². The van der Waals surface area contributed by atoms with E-state index in [4.69, 9.17) is 13.9 Å². The number of nitrogens with one attached hydrogen (secondary N) is 1. The average molecular weight is 409 g/mol. The van der Waals surface area contributed by atoms with Gasteiger partial charge in [0.1, 0.15) is 22.6 Å². The van der Waals surface area contributed by atoms with Crippen LogP contribution in [0.5, 0.6) is 11.5 Å². The second-order valence-corrected chi connectivity index (χ2v) is 6.75. The standard InChI is InChI=1S/C23H23NO6/c1-3-24-22(26)19-13-16-9-10-18(14-20(16)30-23(19)27)29-21(25)8-5-11-28-17-7-4-6-15(2)12-17/h4,6-7,9-10,12-14H,3,5,8,11H2,1-2H3,(H,24,26). The lowest BCUT2D eigenvalue weighted by Crippen LogP contribution is -2.27. The van der Waals surface area contributed by atoms with Crippen LogP contribution in [0.3, 0.4) is 0 Å². The predicted molar refractivity (Wildman–Crippen MR) is 112 cm³/mol. The van der Waals surface area contributed by atoms with E-state index in [2.05, 4.69) is 5.32 Å². The normalized spacial score (nSPS) is 10.6. The molecule has 0 radical (unpaired) electrons. The van der Waals surface area contributed by atoms with Gasteiger partial charge in [0.05, 0.1) is 6.61 Å². The van der Waals surface area contributed by atoms with E-state index in [0.29, 0.717) is 25.0 Å². The summed E-state index contributed by atoms with van der Waals surface area (Å²) in [6.45, 7) is 4.54. The Morgan fingerprint density at radius 1 is 1.07 bits per heavy atom. The molecule has 2 aromatic carbocycles. The molecule has 0 saturated carbocycles. The topological polar surface area (TPSA) is 94.8 Å². The van der Waals surface area contributed by atoms with Crippen molar-refractivity contribution < 1.29 is 23.5 Å². The van der Waals surface area contributed by atoms with Gasteiger partial charge in [-0.25, -0.2) is 4.79 Å². The lowest BCUT2D eigenvalue weighted by atomic mass is 10.1. The number of esters is 1. The second-order valence-electron chi connectivity index (χ2n) is 6.75. The van der Waals surface area contributed by atoms with Crippen molar-refractivity contribution in [3.05, 3.63) is 70.1 Å². The molecule has 1 amide bonds. The van der Waals surface area contributed by atoms with E-state index in [9.17, 15) is 14.4 Å². The Balaban J connectivity index is 1.57. The Kier molecular flexibility index (Phi) is 6.85. The zero-order valence-corrected chi connectivity index (χ0v) is 16.9. The molecule has 0 aliphatic heterocycles. The molecule has 156 valence electrons. The van der Waals surface area contributed by atoms with Crippen molar-refractivity contribution in [2.24, 2.45) is 0 Å². The zero-order chi connectivity index (χ0) is 21.5. The van der Waals surface area contributed by atoms with Gasteiger partial charge < -0.3 is 19.2 Å². The summed E-state index contributed by atoms with van der Waals surface area (Å²) in [6.07, 6.45) is 0.690. The molecule has 0 aliphatic carbocycles. The van der Waals surface area contributed by atoms with Crippen LogP contribution in [-0.4, -0.2) is 25.0 Å². The molecule has 0 spiro atoms. The van der Waals surface area contributed by atoms with Crippen molar-refractivity contribution in [2.45, 2.75) is 26.7 Å². The third-order valence-electron chi connectivity index (χ3n) is 4.30. The van der Waals surface area contributed by atoms with E-state index in [1.165, 1.54) is 12.1 Å². The highest BCUT2D eigenvalue weighted by molar-refractivity contribution is 5.96. The Labute approximate surface area is 173 Å². The fourth-order valence-electron chi connectivity index (χ4n) is 2.86. The van der Waals surface area contributed by atoms with Crippen LogP contribution in [0.15, 0.2) is 57.7 Å². The number of hydrogen-bond acceptors (Lipinski definition) is 6. The van der Waals surface area contributed by atoms with Crippen molar-refractivity contribution in [3.8, 4) is 11.5 Å². The maximum absolute atomic E-state index is 12.1. The minimum atomic E-state index is -0.745. The van der Waals surface area contributed by atoms with E-state index < -0.39 is 17.5 Å². The smallest absolute Gasteiger partial charge is 0.349 e. The molecule has 30 heavy (non-hydrogen) atoms. The largest absolute Gasteiger partial charge is 0.494 e. The van der Waals surface area contributed by atoms with Gasteiger partial charge in [0.15, 0.2) is 0 Å². The van der Waals surface area contributed by atoms with Gasteiger partial charge in [-0.3, -0.25) is 9.59 Å². The third kappa shape index (κ3) is 5.47. The van der Waals surface area contributed by atoms with Crippen molar-refractivity contribution >= 4 is 22.8 Å². The van der Waals surface area contributed by atoms with E-state index >= 15 is 0 Å². The van der Waals surface area contributed by atoms with Gasteiger partial charge in [-0.2, -0.15) is 0 Å². The van der Waals surface area contributed by atoms with Gasteiger partial charge in [-0.15, -0.1) is 0 Å². The van der Waals surface area contributed by atoms with Crippen LogP contribution in [-0.2, 0) is 4.79 Å². The van der Waals surface area contributed by atoms with Crippen LogP contribution >= 0.6 is 0 Å². The highest BCUT2D eigenvalue weighted by atomic mass is 16.5. The lowest BCUT2D eigenvalue weighted by molar-refractivity contribution is -0.134. The molecule has 7 nitrogen and oxygen atoms in total. The molecule has 7 heteroatoms. The number of carbonyl (C=O) groups excluding carboxylic acids is 2. The van der Waals surface area contributed by atoms with Gasteiger partial charge in [-0.05, 0) is 56.2 Å². The monoisotopic (exact) mass is 409 g/mol. The number of ether oxygens (including phenoxy) is 2. The van der Waals surface area contributed by atoms with Gasteiger partial charge in [-0.1, -0.05) is 12.1 Å². The minimum absolute atomic E-state index is 0.0669. The molecule has 0 atom stereocenters. The first-order chi connectivity index (χ1) is 14.5. The highest BCUT2D eigenvalue weighted by Gasteiger charge is 2.14. The van der Waals surface area contributed by atoms with Crippen molar-refractivity contribution in [1.29, 1.82) is 0 Å². The molecule has 3 aromatic rings. The minimum Gasteiger partial charge on any atom is -0.494 e. The van der Waals surface area contributed by atoms with Crippen LogP contribution < -0.4 is 20.4 Å². The fraction of sp³-hybridized carbons (Fsp3) is 0.261. The fourth-order valence-corrected chi connectivity index (χ4v) is 2.86. The Bertz CT molecular complexity index is 1120. The molecule has 0 aliphatic rings. The molecule has 1 aromatic heterocycles.